The van der Waals surface area contributed by atoms with Gasteiger partial charge in [0.05, 0.1) is 5.56 Å². The van der Waals surface area contributed by atoms with Gasteiger partial charge in [0.25, 0.3) is 15.9 Å². The predicted molar refractivity (Wildman–Crippen MR) is 82.8 cm³/mol. The maximum absolute atomic E-state index is 12.4. The third kappa shape index (κ3) is 2.65. The molecule has 118 valence electrons. The third-order valence-electron chi connectivity index (χ3n) is 3.97. The fourth-order valence-electron chi connectivity index (χ4n) is 2.89. The molecule has 1 aliphatic heterocycles. The lowest BCUT2D eigenvalue weighted by Gasteiger charge is -2.17. The first kappa shape index (κ1) is 15.5. The summed E-state index contributed by atoms with van der Waals surface area (Å²) in [6.07, 6.45) is 3.93. The fourth-order valence-corrected chi connectivity index (χ4v) is 4.75. The summed E-state index contributed by atoms with van der Waals surface area (Å²) in [6, 6.07) is 4.49. The van der Waals surface area contributed by atoms with E-state index in [2.05, 4.69) is 21.2 Å². The molecule has 1 fully saturated rings. The molecule has 0 saturated heterocycles. The Kier molecular flexibility index (Phi) is 3.98. The standard InChI is InChI=1S/C14H15BrN2O4S/c15-9-5-6-12-11(7-9)14(19)17(22(12,20)21)8-13(18)16-10-3-1-2-4-10/h5-7,10H,1-4,8H2,(H,16,18). The minimum atomic E-state index is -3.94. The van der Waals surface area contributed by atoms with Crippen molar-refractivity contribution in [1.29, 1.82) is 0 Å². The lowest BCUT2D eigenvalue weighted by molar-refractivity contribution is -0.121. The van der Waals surface area contributed by atoms with Crippen molar-refractivity contribution in [2.75, 3.05) is 6.54 Å². The predicted octanol–water partition coefficient (Wildman–Crippen LogP) is 1.65. The van der Waals surface area contributed by atoms with Gasteiger partial charge in [-0.2, -0.15) is 0 Å². The van der Waals surface area contributed by atoms with Gasteiger partial charge < -0.3 is 5.32 Å². The largest absolute Gasteiger partial charge is 0.352 e. The van der Waals surface area contributed by atoms with Gasteiger partial charge in [-0.15, -0.1) is 0 Å². The molecule has 8 heteroatoms. The number of carbonyl (C=O) groups excluding carboxylic acids is 2. The normalized spacial score (nSPS) is 20.2. The van der Waals surface area contributed by atoms with Gasteiger partial charge in [-0.25, -0.2) is 12.7 Å². The van der Waals surface area contributed by atoms with Crippen LogP contribution in [-0.4, -0.2) is 37.1 Å². The van der Waals surface area contributed by atoms with Crippen LogP contribution in [0, 0.1) is 0 Å². The van der Waals surface area contributed by atoms with E-state index in [4.69, 9.17) is 0 Å². The monoisotopic (exact) mass is 386 g/mol. The van der Waals surface area contributed by atoms with Crippen molar-refractivity contribution in [3.05, 3.63) is 28.2 Å². The molecule has 3 rings (SSSR count). The van der Waals surface area contributed by atoms with Gasteiger partial charge in [-0.3, -0.25) is 9.59 Å². The Morgan fingerprint density at radius 3 is 2.68 bits per heavy atom. The zero-order valence-corrected chi connectivity index (χ0v) is 14.1. The smallest absolute Gasteiger partial charge is 0.269 e. The Labute approximate surface area is 137 Å². The summed E-state index contributed by atoms with van der Waals surface area (Å²) in [4.78, 5) is 24.3. The number of carbonyl (C=O) groups is 2. The highest BCUT2D eigenvalue weighted by Crippen LogP contribution is 2.32. The molecule has 1 saturated carbocycles. The van der Waals surface area contributed by atoms with Gasteiger partial charge in [-0.05, 0) is 31.0 Å². The quantitative estimate of drug-likeness (QED) is 0.855. The Balaban J connectivity index is 1.80. The van der Waals surface area contributed by atoms with Crippen LogP contribution >= 0.6 is 15.9 Å². The van der Waals surface area contributed by atoms with Gasteiger partial charge >= 0.3 is 0 Å². The van der Waals surface area contributed by atoms with Crippen LogP contribution in [0.15, 0.2) is 27.6 Å². The molecule has 0 atom stereocenters. The molecule has 1 aromatic carbocycles. The molecule has 2 aliphatic rings. The lowest BCUT2D eigenvalue weighted by atomic mass is 10.2. The summed E-state index contributed by atoms with van der Waals surface area (Å²) in [5, 5.41) is 2.80. The highest BCUT2D eigenvalue weighted by molar-refractivity contribution is 9.10. The van der Waals surface area contributed by atoms with Crippen LogP contribution in [0.3, 0.4) is 0 Å². The molecule has 1 aromatic rings. The number of sulfonamides is 1. The third-order valence-corrected chi connectivity index (χ3v) is 6.25. The van der Waals surface area contributed by atoms with Crippen LogP contribution in [-0.2, 0) is 14.8 Å². The number of amides is 2. The minimum Gasteiger partial charge on any atom is -0.352 e. The average Bonchev–Trinajstić information content (AvgIpc) is 3.01. The summed E-state index contributed by atoms with van der Waals surface area (Å²) in [6.45, 7) is -0.468. The fraction of sp³-hybridized carbons (Fsp3) is 0.429. The molecule has 1 aliphatic carbocycles. The molecule has 6 nitrogen and oxygen atoms in total. The summed E-state index contributed by atoms with van der Waals surface area (Å²) < 4.78 is 26.0. The first-order chi connectivity index (χ1) is 10.4. The molecule has 1 heterocycles. The lowest BCUT2D eigenvalue weighted by Crippen LogP contribution is -2.43. The van der Waals surface area contributed by atoms with E-state index in [0.29, 0.717) is 8.78 Å². The molecule has 22 heavy (non-hydrogen) atoms. The van der Waals surface area contributed by atoms with Gasteiger partial charge in [0.15, 0.2) is 0 Å². The first-order valence-electron chi connectivity index (χ1n) is 7.05. The second kappa shape index (κ2) is 5.66. The van der Waals surface area contributed by atoms with E-state index in [1.807, 2.05) is 0 Å². The second-order valence-electron chi connectivity index (χ2n) is 5.51. The van der Waals surface area contributed by atoms with Crippen LogP contribution in [0.2, 0.25) is 0 Å². The van der Waals surface area contributed by atoms with Crippen LogP contribution in [0.25, 0.3) is 0 Å². The van der Waals surface area contributed by atoms with Crippen LogP contribution < -0.4 is 5.32 Å². The molecular weight excluding hydrogens is 372 g/mol. The summed E-state index contributed by atoms with van der Waals surface area (Å²) in [7, 11) is -3.94. The van der Waals surface area contributed by atoms with E-state index < -0.39 is 28.4 Å². The number of benzene rings is 1. The van der Waals surface area contributed by atoms with Crippen molar-refractivity contribution >= 4 is 37.8 Å². The van der Waals surface area contributed by atoms with E-state index in [0.717, 1.165) is 25.7 Å². The molecule has 1 N–H and O–H groups in total. The zero-order chi connectivity index (χ0) is 15.9. The van der Waals surface area contributed by atoms with E-state index in [1.54, 1.807) is 6.07 Å². The molecule has 0 radical (unpaired) electrons. The topological polar surface area (TPSA) is 83.6 Å². The number of fused-ring (bicyclic) bond motifs is 1. The van der Waals surface area contributed by atoms with Crippen LogP contribution in [0.5, 0.6) is 0 Å². The Morgan fingerprint density at radius 1 is 1.32 bits per heavy atom. The number of nitrogens with one attached hydrogen (secondary N) is 1. The molecular formula is C14H15BrN2O4S. The average molecular weight is 387 g/mol. The molecule has 0 aromatic heterocycles. The van der Waals surface area contributed by atoms with E-state index in [1.165, 1.54) is 12.1 Å². The summed E-state index contributed by atoms with van der Waals surface area (Å²) in [5.41, 5.74) is 0.100. The Bertz CT molecular complexity index is 741. The van der Waals surface area contributed by atoms with E-state index in [9.17, 15) is 18.0 Å². The number of hydrogen-bond donors (Lipinski definition) is 1. The van der Waals surface area contributed by atoms with Crippen LogP contribution in [0.4, 0.5) is 0 Å². The number of rotatable bonds is 3. The molecule has 2 amide bonds. The Hall–Kier alpha value is -1.41. The molecule has 0 bridgehead atoms. The minimum absolute atomic E-state index is 0.0469. The maximum atomic E-state index is 12.4. The van der Waals surface area contributed by atoms with E-state index in [-0.39, 0.29) is 16.5 Å². The van der Waals surface area contributed by atoms with Gasteiger partial charge in [0.1, 0.15) is 11.4 Å². The highest BCUT2D eigenvalue weighted by atomic mass is 79.9. The van der Waals surface area contributed by atoms with Crippen molar-refractivity contribution in [2.24, 2.45) is 0 Å². The molecule has 0 unspecified atom stereocenters. The number of halogens is 1. The van der Waals surface area contributed by atoms with Crippen molar-refractivity contribution in [1.82, 2.24) is 9.62 Å². The number of hydrogen-bond acceptors (Lipinski definition) is 4. The van der Waals surface area contributed by atoms with E-state index >= 15 is 0 Å². The molecule has 0 spiro atoms. The zero-order valence-electron chi connectivity index (χ0n) is 11.7. The van der Waals surface area contributed by atoms with Crippen molar-refractivity contribution in [3.8, 4) is 0 Å². The van der Waals surface area contributed by atoms with Gasteiger partial charge in [0, 0.05) is 10.5 Å². The summed E-state index contributed by atoms with van der Waals surface area (Å²) in [5.74, 6) is -1.09. The SMILES string of the molecule is O=C(CN1C(=O)c2cc(Br)ccc2S1(=O)=O)NC1CCCC1. The number of nitrogens with zero attached hydrogens (tertiary/aromatic N) is 1. The first-order valence-corrected chi connectivity index (χ1v) is 9.29. The van der Waals surface area contributed by atoms with Crippen molar-refractivity contribution in [2.45, 2.75) is 36.6 Å². The summed E-state index contributed by atoms with van der Waals surface area (Å²) >= 11 is 3.21. The van der Waals surface area contributed by atoms with Crippen molar-refractivity contribution < 1.29 is 18.0 Å². The van der Waals surface area contributed by atoms with Gasteiger partial charge in [0.2, 0.25) is 5.91 Å². The Morgan fingerprint density at radius 2 is 2.00 bits per heavy atom. The van der Waals surface area contributed by atoms with Crippen LogP contribution in [0.1, 0.15) is 36.0 Å². The van der Waals surface area contributed by atoms with Crippen molar-refractivity contribution in [3.63, 3.8) is 0 Å². The second-order valence-corrected chi connectivity index (χ2v) is 8.25. The maximum Gasteiger partial charge on any atom is 0.269 e. The van der Waals surface area contributed by atoms with Gasteiger partial charge in [-0.1, -0.05) is 28.8 Å². The highest BCUT2D eigenvalue weighted by Gasteiger charge is 2.42.